The Bertz CT molecular complexity index is 334. The molecule has 0 heterocycles. The second-order valence-electron chi connectivity index (χ2n) is 2.83. The van der Waals surface area contributed by atoms with E-state index in [1.54, 1.807) is 0 Å². The number of ether oxygens (including phenoxy) is 2. The number of nitrogens with two attached hydrogens (primary N) is 1. The number of benzene rings is 1. The third-order valence-electron chi connectivity index (χ3n) is 1.78. The minimum absolute atomic E-state index is 0.0265. The molecule has 1 rings (SSSR count). The molecule has 15 heavy (non-hydrogen) atoms. The smallest absolute Gasteiger partial charge is 0.308 e. The van der Waals surface area contributed by atoms with Gasteiger partial charge in [0.05, 0.1) is 25.8 Å². The van der Waals surface area contributed by atoms with Gasteiger partial charge >= 0.3 is 5.97 Å². The van der Waals surface area contributed by atoms with E-state index in [0.29, 0.717) is 0 Å². The van der Waals surface area contributed by atoms with Gasteiger partial charge in [0, 0.05) is 0 Å². The van der Waals surface area contributed by atoms with Gasteiger partial charge in [-0.2, -0.15) is 0 Å². The van der Waals surface area contributed by atoms with Crippen molar-refractivity contribution in [2.75, 3.05) is 19.5 Å². The Labute approximate surface area is 86.8 Å². The summed E-state index contributed by atoms with van der Waals surface area (Å²) in [5.74, 6) is -0.980. The molecule has 0 aliphatic rings. The zero-order valence-corrected chi connectivity index (χ0v) is 8.33. The Balaban J connectivity index is 2.54. The predicted octanol–water partition coefficient (Wildman–Crippen LogP) is 1.35. The van der Waals surface area contributed by atoms with Crippen molar-refractivity contribution < 1.29 is 18.7 Å². The second kappa shape index (κ2) is 5.19. The van der Waals surface area contributed by atoms with Crippen LogP contribution >= 0.6 is 0 Å². The summed E-state index contributed by atoms with van der Waals surface area (Å²) in [6.07, 6.45) is 0.0598. The number of hydrogen-bond acceptors (Lipinski definition) is 4. The lowest BCUT2D eigenvalue weighted by molar-refractivity contribution is -0.141. The van der Waals surface area contributed by atoms with Crippen molar-refractivity contribution in [1.29, 1.82) is 0 Å². The number of rotatable bonds is 4. The maximum atomic E-state index is 13.1. The molecule has 0 spiro atoms. The van der Waals surface area contributed by atoms with Gasteiger partial charge in [-0.25, -0.2) is 4.39 Å². The number of esters is 1. The van der Waals surface area contributed by atoms with Gasteiger partial charge in [0.1, 0.15) is 0 Å². The van der Waals surface area contributed by atoms with Gasteiger partial charge in [-0.05, 0) is 12.1 Å². The summed E-state index contributed by atoms with van der Waals surface area (Å²) in [6, 6.07) is 4.25. The van der Waals surface area contributed by atoms with E-state index in [1.807, 2.05) is 0 Å². The van der Waals surface area contributed by atoms with E-state index in [1.165, 1.54) is 25.3 Å². The zero-order valence-electron chi connectivity index (χ0n) is 8.33. The average Bonchev–Trinajstić information content (AvgIpc) is 2.22. The molecule has 4 nitrogen and oxygen atoms in total. The number of anilines is 1. The van der Waals surface area contributed by atoms with Crippen LogP contribution in [0.5, 0.6) is 5.75 Å². The first-order valence-electron chi connectivity index (χ1n) is 4.38. The molecule has 0 bridgehead atoms. The molecule has 1 aromatic rings. The zero-order chi connectivity index (χ0) is 11.3. The molecule has 0 aromatic heterocycles. The lowest BCUT2D eigenvalue weighted by Crippen LogP contribution is -2.09. The third kappa shape index (κ3) is 3.12. The molecule has 0 aliphatic carbocycles. The van der Waals surface area contributed by atoms with Gasteiger partial charge in [0.25, 0.3) is 0 Å². The van der Waals surface area contributed by atoms with Crippen LogP contribution < -0.4 is 10.5 Å². The van der Waals surface area contributed by atoms with Crippen LogP contribution in [0.1, 0.15) is 6.42 Å². The van der Waals surface area contributed by atoms with Crippen LogP contribution in [0.15, 0.2) is 18.2 Å². The van der Waals surface area contributed by atoms with E-state index >= 15 is 0 Å². The van der Waals surface area contributed by atoms with Gasteiger partial charge in [-0.15, -0.1) is 0 Å². The second-order valence-corrected chi connectivity index (χ2v) is 2.83. The van der Waals surface area contributed by atoms with Crippen LogP contribution in [0.2, 0.25) is 0 Å². The van der Waals surface area contributed by atoms with E-state index < -0.39 is 11.8 Å². The molecule has 82 valence electrons. The van der Waals surface area contributed by atoms with Crippen LogP contribution in [0, 0.1) is 5.82 Å². The van der Waals surface area contributed by atoms with Crippen molar-refractivity contribution in [3.63, 3.8) is 0 Å². The summed E-state index contributed by atoms with van der Waals surface area (Å²) >= 11 is 0. The van der Waals surface area contributed by atoms with Crippen LogP contribution in [0.4, 0.5) is 10.1 Å². The van der Waals surface area contributed by atoms with Crippen molar-refractivity contribution >= 4 is 11.7 Å². The Hall–Kier alpha value is -1.78. The highest BCUT2D eigenvalue weighted by atomic mass is 19.1. The quantitative estimate of drug-likeness (QED) is 0.605. The SMILES string of the molecule is COC(=O)CCOc1c(N)cccc1F. The first-order chi connectivity index (χ1) is 7.15. The summed E-state index contributed by atoms with van der Waals surface area (Å²) in [5, 5.41) is 0. The molecule has 0 saturated heterocycles. The molecule has 0 fully saturated rings. The summed E-state index contributed by atoms with van der Waals surface area (Å²) in [6.45, 7) is 0.0395. The summed E-state index contributed by atoms with van der Waals surface area (Å²) in [5.41, 5.74) is 5.70. The predicted molar refractivity (Wildman–Crippen MR) is 52.9 cm³/mol. The van der Waals surface area contributed by atoms with Crippen LogP contribution in [-0.4, -0.2) is 19.7 Å². The van der Waals surface area contributed by atoms with E-state index in [2.05, 4.69) is 4.74 Å². The Morgan fingerprint density at radius 1 is 1.53 bits per heavy atom. The number of carbonyl (C=O) groups excluding carboxylic acids is 1. The van der Waals surface area contributed by atoms with Gasteiger partial charge in [-0.1, -0.05) is 6.07 Å². The summed E-state index contributed by atoms with van der Waals surface area (Å²) < 4.78 is 22.6. The standard InChI is InChI=1S/C10H12FNO3/c1-14-9(13)5-6-15-10-7(11)3-2-4-8(10)12/h2-4H,5-6,12H2,1H3. The molecule has 0 saturated carbocycles. The largest absolute Gasteiger partial charge is 0.488 e. The molecule has 0 radical (unpaired) electrons. The fourth-order valence-electron chi connectivity index (χ4n) is 1.02. The highest BCUT2D eigenvalue weighted by Crippen LogP contribution is 2.24. The van der Waals surface area contributed by atoms with Gasteiger partial charge in [0.15, 0.2) is 11.6 Å². The maximum absolute atomic E-state index is 13.1. The molecular formula is C10H12FNO3. The first-order valence-corrected chi connectivity index (χ1v) is 4.38. The number of halogens is 1. The number of hydrogen-bond donors (Lipinski definition) is 1. The van der Waals surface area contributed by atoms with Crippen molar-refractivity contribution in [2.45, 2.75) is 6.42 Å². The number of carbonyl (C=O) groups is 1. The van der Waals surface area contributed by atoms with Gasteiger partial charge in [-0.3, -0.25) is 4.79 Å². The molecule has 2 N–H and O–H groups in total. The molecule has 0 aliphatic heterocycles. The topological polar surface area (TPSA) is 61.5 Å². The molecule has 1 aromatic carbocycles. The molecule has 5 heteroatoms. The van der Waals surface area contributed by atoms with Crippen molar-refractivity contribution in [3.05, 3.63) is 24.0 Å². The van der Waals surface area contributed by atoms with E-state index in [4.69, 9.17) is 10.5 Å². The van der Waals surface area contributed by atoms with Gasteiger partial charge in [0.2, 0.25) is 0 Å². The van der Waals surface area contributed by atoms with Crippen molar-refractivity contribution in [3.8, 4) is 5.75 Å². The third-order valence-corrected chi connectivity index (χ3v) is 1.78. The maximum Gasteiger partial charge on any atom is 0.308 e. The van der Waals surface area contributed by atoms with E-state index in [-0.39, 0.29) is 24.5 Å². The number of methoxy groups -OCH3 is 1. The minimum Gasteiger partial charge on any atom is -0.488 e. The molecule has 0 unspecified atom stereocenters. The molecule has 0 atom stereocenters. The van der Waals surface area contributed by atoms with Crippen LogP contribution in [0.3, 0.4) is 0 Å². The lowest BCUT2D eigenvalue weighted by Gasteiger charge is -2.08. The Kier molecular flexibility index (Phi) is 3.91. The minimum atomic E-state index is -0.542. The first kappa shape index (κ1) is 11.3. The molecule has 0 amide bonds. The highest BCUT2D eigenvalue weighted by molar-refractivity contribution is 5.69. The monoisotopic (exact) mass is 213 g/mol. The van der Waals surface area contributed by atoms with Gasteiger partial charge < -0.3 is 15.2 Å². The molecular weight excluding hydrogens is 201 g/mol. The van der Waals surface area contributed by atoms with Crippen molar-refractivity contribution in [2.24, 2.45) is 0 Å². The van der Waals surface area contributed by atoms with E-state index in [0.717, 1.165) is 0 Å². The number of para-hydroxylation sites is 1. The summed E-state index contributed by atoms with van der Waals surface area (Å²) in [4.78, 5) is 10.7. The van der Waals surface area contributed by atoms with Crippen LogP contribution in [-0.2, 0) is 9.53 Å². The van der Waals surface area contributed by atoms with Crippen molar-refractivity contribution in [1.82, 2.24) is 0 Å². The Morgan fingerprint density at radius 3 is 2.87 bits per heavy atom. The fourth-order valence-corrected chi connectivity index (χ4v) is 1.02. The van der Waals surface area contributed by atoms with E-state index in [9.17, 15) is 9.18 Å². The fraction of sp³-hybridized carbons (Fsp3) is 0.300. The lowest BCUT2D eigenvalue weighted by atomic mass is 10.3. The summed E-state index contributed by atoms with van der Waals surface area (Å²) in [7, 11) is 1.28. The highest BCUT2D eigenvalue weighted by Gasteiger charge is 2.08. The number of nitrogen functional groups attached to an aromatic ring is 1. The average molecular weight is 213 g/mol. The Morgan fingerprint density at radius 2 is 2.27 bits per heavy atom. The van der Waals surface area contributed by atoms with Crippen LogP contribution in [0.25, 0.3) is 0 Å². The normalized spacial score (nSPS) is 9.73.